The number of nitrogen functional groups attached to an aromatic ring is 1. The van der Waals surface area contributed by atoms with Gasteiger partial charge < -0.3 is 10.5 Å². The quantitative estimate of drug-likeness (QED) is 0.815. The van der Waals surface area contributed by atoms with Crippen LogP contribution < -0.4 is 15.2 Å². The predicted molar refractivity (Wildman–Crippen MR) is 85.5 cm³/mol. The molecule has 1 aromatic heterocycles. The molecule has 2 aromatic rings. The largest absolute Gasteiger partial charge is 0.495 e. The summed E-state index contributed by atoms with van der Waals surface area (Å²) in [6.07, 6.45) is 0. The molecule has 2 rings (SSSR count). The van der Waals surface area contributed by atoms with Crippen molar-refractivity contribution in [2.75, 3.05) is 12.8 Å². The van der Waals surface area contributed by atoms with Crippen LogP contribution in [-0.2, 0) is 10.0 Å². The first-order valence-electron chi connectivity index (χ1n) is 6.04. The van der Waals surface area contributed by atoms with Gasteiger partial charge in [0.05, 0.1) is 28.1 Å². The number of nitrogens with one attached hydrogen (secondary N) is 1. The molecule has 1 atom stereocenters. The lowest BCUT2D eigenvalue weighted by molar-refractivity contribution is 0.416. The van der Waals surface area contributed by atoms with E-state index in [9.17, 15) is 8.42 Å². The molecule has 21 heavy (non-hydrogen) atoms. The van der Waals surface area contributed by atoms with E-state index in [1.54, 1.807) is 19.1 Å². The molecule has 114 valence electrons. The Morgan fingerprint density at radius 3 is 2.57 bits per heavy atom. The van der Waals surface area contributed by atoms with E-state index in [-0.39, 0.29) is 16.6 Å². The molecule has 0 radical (unpaired) electrons. The maximum atomic E-state index is 12.3. The van der Waals surface area contributed by atoms with Crippen LogP contribution in [-0.4, -0.2) is 15.5 Å². The molecule has 5 nitrogen and oxygen atoms in total. The van der Waals surface area contributed by atoms with E-state index in [1.807, 2.05) is 0 Å². The zero-order valence-electron chi connectivity index (χ0n) is 11.5. The molecule has 8 heteroatoms. The van der Waals surface area contributed by atoms with E-state index in [1.165, 1.54) is 36.6 Å². The third kappa shape index (κ3) is 3.68. The summed E-state index contributed by atoms with van der Waals surface area (Å²) < 4.78 is 32.9. The molecule has 0 spiro atoms. The summed E-state index contributed by atoms with van der Waals surface area (Å²) in [5.41, 5.74) is 6.01. The van der Waals surface area contributed by atoms with Crippen molar-refractivity contribution in [3.8, 4) is 5.75 Å². The fourth-order valence-corrected chi connectivity index (χ4v) is 4.20. The van der Waals surface area contributed by atoms with E-state index in [2.05, 4.69) is 4.72 Å². The third-order valence-corrected chi connectivity index (χ3v) is 5.82. The van der Waals surface area contributed by atoms with Crippen molar-refractivity contribution in [2.24, 2.45) is 0 Å². The zero-order valence-corrected chi connectivity index (χ0v) is 13.8. The van der Waals surface area contributed by atoms with Gasteiger partial charge in [0.1, 0.15) is 5.75 Å². The fraction of sp³-hybridized carbons (Fsp3) is 0.231. The Morgan fingerprint density at radius 2 is 2.05 bits per heavy atom. The van der Waals surface area contributed by atoms with Gasteiger partial charge in [-0.3, -0.25) is 0 Å². The minimum atomic E-state index is -3.67. The first-order chi connectivity index (χ1) is 9.83. The van der Waals surface area contributed by atoms with Gasteiger partial charge >= 0.3 is 0 Å². The number of hydrogen-bond acceptors (Lipinski definition) is 5. The average molecular weight is 347 g/mol. The van der Waals surface area contributed by atoms with Gasteiger partial charge in [0, 0.05) is 4.88 Å². The van der Waals surface area contributed by atoms with Crippen LogP contribution in [0.5, 0.6) is 5.75 Å². The molecule has 0 saturated carbocycles. The van der Waals surface area contributed by atoms with Crippen molar-refractivity contribution in [3.05, 3.63) is 39.5 Å². The molecule has 1 aromatic carbocycles. The van der Waals surface area contributed by atoms with Gasteiger partial charge in [-0.2, -0.15) is 0 Å². The van der Waals surface area contributed by atoms with Gasteiger partial charge in [-0.1, -0.05) is 11.6 Å². The third-order valence-electron chi connectivity index (χ3n) is 2.86. The van der Waals surface area contributed by atoms with Crippen LogP contribution in [0.25, 0.3) is 0 Å². The molecule has 0 aliphatic rings. The molecule has 0 aliphatic heterocycles. The Hall–Kier alpha value is -1.28. The number of thiophene rings is 1. The van der Waals surface area contributed by atoms with E-state index in [0.717, 1.165) is 4.88 Å². The first kappa shape index (κ1) is 16.1. The van der Waals surface area contributed by atoms with Crippen LogP contribution in [0, 0.1) is 0 Å². The van der Waals surface area contributed by atoms with E-state index < -0.39 is 10.0 Å². The molecule has 0 aliphatic carbocycles. The van der Waals surface area contributed by atoms with E-state index >= 15 is 0 Å². The van der Waals surface area contributed by atoms with E-state index in [0.29, 0.717) is 10.1 Å². The highest BCUT2D eigenvalue weighted by Crippen LogP contribution is 2.29. The Balaban J connectivity index is 2.24. The monoisotopic (exact) mass is 346 g/mol. The predicted octanol–water partition coefficient (Wildman–Crippen LogP) is 3.03. The summed E-state index contributed by atoms with van der Waals surface area (Å²) in [5, 5.41) is 0. The standard InChI is InChI=1S/C13H15ClN2O3S2/c1-8(12-5-6-13(14)20-12)16-21(17,18)9-3-4-11(19-2)10(15)7-9/h3-8,16H,15H2,1-2H3. The van der Waals surface area contributed by atoms with Crippen molar-refractivity contribution in [2.45, 2.75) is 17.9 Å². The van der Waals surface area contributed by atoms with Crippen LogP contribution in [0.1, 0.15) is 17.8 Å². The van der Waals surface area contributed by atoms with Crippen LogP contribution in [0.3, 0.4) is 0 Å². The smallest absolute Gasteiger partial charge is 0.241 e. The van der Waals surface area contributed by atoms with Crippen LogP contribution in [0.4, 0.5) is 5.69 Å². The molecule has 0 fully saturated rings. The van der Waals surface area contributed by atoms with Gasteiger partial charge in [0.2, 0.25) is 10.0 Å². The molecule has 0 amide bonds. The number of anilines is 1. The molecule has 1 unspecified atom stereocenters. The Kier molecular flexibility index (Phi) is 4.77. The van der Waals surface area contributed by atoms with Crippen LogP contribution >= 0.6 is 22.9 Å². The molecular weight excluding hydrogens is 332 g/mol. The summed E-state index contributed by atoms with van der Waals surface area (Å²) in [6, 6.07) is 7.49. The van der Waals surface area contributed by atoms with Crippen molar-refractivity contribution in [3.63, 3.8) is 0 Å². The lowest BCUT2D eigenvalue weighted by Gasteiger charge is -2.14. The summed E-state index contributed by atoms with van der Waals surface area (Å²) in [6.45, 7) is 1.76. The molecule has 0 bridgehead atoms. The maximum absolute atomic E-state index is 12.3. The van der Waals surface area contributed by atoms with Crippen LogP contribution in [0.15, 0.2) is 35.2 Å². The summed E-state index contributed by atoms with van der Waals surface area (Å²) in [5.74, 6) is 0.437. The number of hydrogen-bond donors (Lipinski definition) is 2. The molecule has 3 N–H and O–H groups in total. The second-order valence-corrected chi connectivity index (χ2v) is 7.85. The number of sulfonamides is 1. The van der Waals surface area contributed by atoms with Gasteiger partial charge in [-0.05, 0) is 37.3 Å². The molecular formula is C13H15ClN2O3S2. The number of ether oxygens (including phenoxy) is 1. The summed E-state index contributed by atoms with van der Waals surface area (Å²) in [4.78, 5) is 0.931. The lowest BCUT2D eigenvalue weighted by atomic mass is 10.3. The average Bonchev–Trinajstić information content (AvgIpc) is 2.85. The fourth-order valence-electron chi connectivity index (χ4n) is 1.80. The minimum absolute atomic E-state index is 0.0929. The summed E-state index contributed by atoms with van der Waals surface area (Å²) in [7, 11) is -2.19. The minimum Gasteiger partial charge on any atom is -0.495 e. The first-order valence-corrected chi connectivity index (χ1v) is 8.72. The van der Waals surface area contributed by atoms with Crippen molar-refractivity contribution < 1.29 is 13.2 Å². The van der Waals surface area contributed by atoms with Gasteiger partial charge in [0.25, 0.3) is 0 Å². The second kappa shape index (κ2) is 6.23. The van der Waals surface area contributed by atoms with Crippen LogP contribution in [0.2, 0.25) is 4.34 Å². The summed E-state index contributed by atoms with van der Waals surface area (Å²) >= 11 is 7.19. The Bertz CT molecular complexity index is 744. The highest BCUT2D eigenvalue weighted by molar-refractivity contribution is 7.89. The molecule has 1 heterocycles. The SMILES string of the molecule is COc1ccc(S(=O)(=O)NC(C)c2ccc(Cl)s2)cc1N. The van der Waals surface area contributed by atoms with Gasteiger partial charge in [0.15, 0.2) is 0 Å². The Morgan fingerprint density at radius 1 is 1.33 bits per heavy atom. The van der Waals surface area contributed by atoms with Crippen molar-refractivity contribution in [1.82, 2.24) is 4.72 Å². The van der Waals surface area contributed by atoms with Gasteiger partial charge in [-0.25, -0.2) is 13.1 Å². The number of benzene rings is 1. The topological polar surface area (TPSA) is 81.4 Å². The maximum Gasteiger partial charge on any atom is 0.241 e. The van der Waals surface area contributed by atoms with Gasteiger partial charge in [-0.15, -0.1) is 11.3 Å². The number of rotatable bonds is 5. The van der Waals surface area contributed by atoms with Crippen molar-refractivity contribution >= 4 is 38.6 Å². The number of halogens is 1. The highest BCUT2D eigenvalue weighted by Gasteiger charge is 2.20. The second-order valence-electron chi connectivity index (χ2n) is 4.39. The lowest BCUT2D eigenvalue weighted by Crippen LogP contribution is -2.26. The number of nitrogens with two attached hydrogens (primary N) is 1. The Labute approximate surface area is 132 Å². The normalized spacial score (nSPS) is 13.1. The highest BCUT2D eigenvalue weighted by atomic mass is 35.5. The molecule has 0 saturated heterocycles. The van der Waals surface area contributed by atoms with E-state index in [4.69, 9.17) is 22.1 Å². The zero-order chi connectivity index (χ0) is 15.6. The van der Waals surface area contributed by atoms with Crippen molar-refractivity contribution in [1.29, 1.82) is 0 Å². The number of methoxy groups -OCH3 is 1.